The van der Waals surface area contributed by atoms with Gasteiger partial charge in [0.15, 0.2) is 5.82 Å². The molecule has 0 unspecified atom stereocenters. The van der Waals surface area contributed by atoms with E-state index in [2.05, 4.69) is 56.5 Å². The van der Waals surface area contributed by atoms with Gasteiger partial charge < -0.3 is 14.5 Å². The number of nitrogens with one attached hydrogen (secondary N) is 1. The first kappa shape index (κ1) is 20.8. The number of amides is 2. The number of hydrogen-bond donors (Lipinski definition) is 1. The van der Waals surface area contributed by atoms with Crippen molar-refractivity contribution < 1.29 is 9.53 Å². The number of urea groups is 1. The van der Waals surface area contributed by atoms with Crippen LogP contribution in [0.15, 0.2) is 54.7 Å². The van der Waals surface area contributed by atoms with Crippen LogP contribution in [0.1, 0.15) is 19.3 Å². The lowest BCUT2D eigenvalue weighted by Gasteiger charge is -2.35. The van der Waals surface area contributed by atoms with Crippen LogP contribution >= 0.6 is 0 Å². The van der Waals surface area contributed by atoms with Crippen LogP contribution in [0.4, 0.5) is 27.8 Å². The Morgan fingerprint density at radius 3 is 2.79 bits per heavy atom. The lowest BCUT2D eigenvalue weighted by atomic mass is 10.1. The van der Waals surface area contributed by atoms with E-state index in [4.69, 9.17) is 9.72 Å². The van der Waals surface area contributed by atoms with Crippen LogP contribution in [0.3, 0.4) is 0 Å². The number of nitrogens with zero attached hydrogens (tertiary/aromatic N) is 5. The molecule has 6 rings (SSSR count). The quantitative estimate of drug-likeness (QED) is 0.628. The van der Waals surface area contributed by atoms with Crippen molar-refractivity contribution >= 4 is 29.0 Å². The van der Waals surface area contributed by atoms with Crippen molar-refractivity contribution in [2.75, 3.05) is 53.3 Å². The molecule has 8 nitrogen and oxygen atoms in total. The van der Waals surface area contributed by atoms with Crippen LogP contribution in [0, 0.1) is 0 Å². The van der Waals surface area contributed by atoms with Gasteiger partial charge in [0, 0.05) is 49.7 Å². The molecule has 0 aliphatic carbocycles. The Bertz CT molecular complexity index is 1230. The maximum absolute atomic E-state index is 13.5. The Labute approximate surface area is 199 Å². The molecule has 5 heterocycles. The molecule has 2 saturated heterocycles. The number of ether oxygens (including phenoxy) is 1. The van der Waals surface area contributed by atoms with Crippen LogP contribution < -0.4 is 24.8 Å². The van der Waals surface area contributed by atoms with Crippen LogP contribution in [0.2, 0.25) is 0 Å². The standard InChI is InChI=1S/C26H28N6O2/c1-34-21-9-11-27-24(16-21)29-26(33)32-20-10-14-31(17-20)23-8-7-22(28-25(23)32)18-5-4-6-19(15-18)30-12-2-3-13-30/h4-9,11,15-16,20H,2-3,10,12-14,17H2,1H3,(H,27,29,33)/t20-/m0/s1. The number of carbonyl (C=O) groups excluding carboxylic acids is 1. The van der Waals surface area contributed by atoms with E-state index in [9.17, 15) is 4.79 Å². The molecule has 0 radical (unpaired) electrons. The molecular formula is C26H28N6O2. The number of benzene rings is 1. The highest BCUT2D eigenvalue weighted by Crippen LogP contribution is 2.40. The SMILES string of the molecule is COc1ccnc(NC(=O)N2c3nc(-c4cccc(N5CCCC5)c4)ccc3N3CC[C@H]2C3)c1. The summed E-state index contributed by atoms with van der Waals surface area (Å²) < 4.78 is 5.27. The summed E-state index contributed by atoms with van der Waals surface area (Å²) in [5.41, 5.74) is 4.17. The highest BCUT2D eigenvalue weighted by molar-refractivity contribution is 6.04. The third-order valence-electron chi connectivity index (χ3n) is 6.99. The van der Waals surface area contributed by atoms with Gasteiger partial charge in [-0.2, -0.15) is 0 Å². The molecular weight excluding hydrogens is 428 g/mol. The highest BCUT2D eigenvalue weighted by atomic mass is 16.5. The van der Waals surface area contributed by atoms with Crippen LogP contribution in [-0.4, -0.2) is 55.3 Å². The molecule has 2 aromatic heterocycles. The first-order chi connectivity index (χ1) is 16.7. The zero-order valence-corrected chi connectivity index (χ0v) is 19.3. The number of anilines is 4. The molecule has 174 valence electrons. The van der Waals surface area contributed by atoms with Gasteiger partial charge in [0.05, 0.1) is 24.5 Å². The van der Waals surface area contributed by atoms with Gasteiger partial charge in [-0.1, -0.05) is 12.1 Å². The summed E-state index contributed by atoms with van der Waals surface area (Å²) in [6, 6.07) is 16.1. The number of hydrogen-bond acceptors (Lipinski definition) is 6. The predicted octanol–water partition coefficient (Wildman–Crippen LogP) is 4.38. The predicted molar refractivity (Wildman–Crippen MR) is 134 cm³/mol. The summed E-state index contributed by atoms with van der Waals surface area (Å²) >= 11 is 0. The van der Waals surface area contributed by atoms with Gasteiger partial charge in [-0.3, -0.25) is 10.2 Å². The molecule has 3 aliphatic rings. The summed E-state index contributed by atoms with van der Waals surface area (Å²) in [4.78, 5) is 29.3. The maximum atomic E-state index is 13.5. The van der Waals surface area contributed by atoms with Crippen LogP contribution in [0.25, 0.3) is 11.3 Å². The van der Waals surface area contributed by atoms with Gasteiger partial charge >= 0.3 is 6.03 Å². The second kappa shape index (κ2) is 8.52. The topological polar surface area (TPSA) is 73.8 Å². The average Bonchev–Trinajstić information content (AvgIpc) is 3.56. The van der Waals surface area contributed by atoms with Crippen molar-refractivity contribution in [3.8, 4) is 17.0 Å². The van der Waals surface area contributed by atoms with Gasteiger partial charge in [0.25, 0.3) is 0 Å². The van der Waals surface area contributed by atoms with Crippen molar-refractivity contribution in [2.45, 2.75) is 25.3 Å². The van der Waals surface area contributed by atoms with Gasteiger partial charge in [-0.25, -0.2) is 14.8 Å². The first-order valence-electron chi connectivity index (χ1n) is 11.9. The smallest absolute Gasteiger partial charge is 0.329 e. The lowest BCUT2D eigenvalue weighted by molar-refractivity contribution is 0.254. The van der Waals surface area contributed by atoms with Crippen molar-refractivity contribution in [3.05, 3.63) is 54.7 Å². The van der Waals surface area contributed by atoms with E-state index in [1.165, 1.54) is 18.5 Å². The van der Waals surface area contributed by atoms with E-state index in [1.807, 2.05) is 4.90 Å². The van der Waals surface area contributed by atoms with Crippen LogP contribution in [0.5, 0.6) is 5.75 Å². The molecule has 8 heteroatoms. The van der Waals surface area contributed by atoms with E-state index in [0.717, 1.165) is 49.5 Å². The molecule has 3 aromatic rings. The largest absolute Gasteiger partial charge is 0.497 e. The number of carbonyl (C=O) groups is 1. The summed E-state index contributed by atoms with van der Waals surface area (Å²) in [6.07, 6.45) is 5.02. The monoisotopic (exact) mass is 456 g/mol. The second-order valence-electron chi connectivity index (χ2n) is 9.05. The fraction of sp³-hybridized carbons (Fsp3) is 0.346. The fourth-order valence-corrected chi connectivity index (χ4v) is 5.25. The molecule has 34 heavy (non-hydrogen) atoms. The minimum absolute atomic E-state index is 0.0804. The van der Waals surface area contributed by atoms with Crippen molar-refractivity contribution in [3.63, 3.8) is 0 Å². The van der Waals surface area contributed by atoms with Gasteiger partial charge in [-0.05, 0) is 49.6 Å². The molecule has 1 N–H and O–H groups in total. The Kier molecular flexibility index (Phi) is 5.20. The normalized spacial score (nSPS) is 18.7. The molecule has 0 spiro atoms. The number of pyridine rings is 2. The fourth-order valence-electron chi connectivity index (χ4n) is 5.25. The van der Waals surface area contributed by atoms with E-state index >= 15 is 0 Å². The maximum Gasteiger partial charge on any atom is 0.329 e. The molecule has 2 bridgehead atoms. The molecule has 1 atom stereocenters. The molecule has 2 amide bonds. The summed E-state index contributed by atoms with van der Waals surface area (Å²) in [6.45, 7) is 3.94. The molecule has 3 aliphatic heterocycles. The minimum Gasteiger partial charge on any atom is -0.497 e. The second-order valence-corrected chi connectivity index (χ2v) is 9.05. The van der Waals surface area contributed by atoms with E-state index in [0.29, 0.717) is 17.4 Å². The van der Waals surface area contributed by atoms with Crippen molar-refractivity contribution in [2.24, 2.45) is 0 Å². The Hall–Kier alpha value is -3.81. The van der Waals surface area contributed by atoms with E-state index in [-0.39, 0.29) is 12.1 Å². The summed E-state index contributed by atoms with van der Waals surface area (Å²) in [5.74, 6) is 1.81. The number of aromatic nitrogens is 2. The van der Waals surface area contributed by atoms with E-state index < -0.39 is 0 Å². The lowest BCUT2D eigenvalue weighted by Crippen LogP contribution is -2.48. The number of rotatable bonds is 4. The average molecular weight is 457 g/mol. The Morgan fingerprint density at radius 1 is 1.06 bits per heavy atom. The Morgan fingerprint density at radius 2 is 1.94 bits per heavy atom. The zero-order chi connectivity index (χ0) is 23.1. The van der Waals surface area contributed by atoms with Crippen molar-refractivity contribution in [1.82, 2.24) is 9.97 Å². The van der Waals surface area contributed by atoms with Crippen molar-refractivity contribution in [1.29, 1.82) is 0 Å². The third kappa shape index (κ3) is 3.69. The number of fused-ring (bicyclic) bond motifs is 4. The molecule has 1 aromatic carbocycles. The molecule has 2 fully saturated rings. The molecule has 0 saturated carbocycles. The summed E-state index contributed by atoms with van der Waals surface area (Å²) in [5, 5.41) is 2.95. The summed E-state index contributed by atoms with van der Waals surface area (Å²) in [7, 11) is 1.60. The van der Waals surface area contributed by atoms with Gasteiger partial charge in [0.2, 0.25) is 0 Å². The van der Waals surface area contributed by atoms with Gasteiger partial charge in [0.1, 0.15) is 11.6 Å². The minimum atomic E-state index is -0.218. The first-order valence-corrected chi connectivity index (χ1v) is 11.9. The van der Waals surface area contributed by atoms with Crippen LogP contribution in [-0.2, 0) is 0 Å². The Balaban J connectivity index is 1.34. The number of methoxy groups -OCH3 is 1. The van der Waals surface area contributed by atoms with Gasteiger partial charge in [-0.15, -0.1) is 0 Å². The van der Waals surface area contributed by atoms with E-state index in [1.54, 1.807) is 25.4 Å². The zero-order valence-electron chi connectivity index (χ0n) is 19.3. The highest BCUT2D eigenvalue weighted by Gasteiger charge is 2.40. The third-order valence-corrected chi connectivity index (χ3v) is 6.99.